The molecule has 2 atom stereocenters. The van der Waals surface area contributed by atoms with E-state index in [1.807, 2.05) is 23.1 Å². The second-order valence-corrected chi connectivity index (χ2v) is 8.20. The van der Waals surface area contributed by atoms with Gasteiger partial charge in [-0.2, -0.15) is 5.26 Å². The number of allylic oxidation sites excluding steroid dienone is 2. The minimum Gasteiger partial charge on any atom is -0.434 e. The van der Waals surface area contributed by atoms with Crippen LogP contribution in [0.25, 0.3) is 0 Å². The van der Waals surface area contributed by atoms with E-state index in [-0.39, 0.29) is 23.2 Å². The predicted molar refractivity (Wildman–Crippen MR) is 97.1 cm³/mol. The normalized spacial score (nSPS) is 29.9. The van der Waals surface area contributed by atoms with Crippen LogP contribution in [-0.4, -0.2) is 29.9 Å². The van der Waals surface area contributed by atoms with E-state index in [2.05, 4.69) is 12.1 Å². The molecule has 5 heteroatoms. The number of likely N-dealkylation sites (tertiary alicyclic amines) is 1. The Morgan fingerprint density at radius 3 is 2.70 bits per heavy atom. The average Bonchev–Trinajstić information content (AvgIpc) is 3.27. The van der Waals surface area contributed by atoms with Crippen molar-refractivity contribution in [1.29, 1.82) is 5.26 Å². The van der Waals surface area contributed by atoms with E-state index in [1.165, 1.54) is 0 Å². The minimum atomic E-state index is -0.446. The van der Waals surface area contributed by atoms with Crippen LogP contribution in [-0.2, 0) is 19.7 Å². The van der Waals surface area contributed by atoms with Gasteiger partial charge in [0, 0.05) is 24.1 Å². The fourth-order valence-electron chi connectivity index (χ4n) is 5.07. The summed E-state index contributed by atoms with van der Waals surface area (Å²) in [5.74, 6) is -0.266. The molecule has 1 spiro atoms. The van der Waals surface area contributed by atoms with Crippen molar-refractivity contribution in [2.24, 2.45) is 11.3 Å². The van der Waals surface area contributed by atoms with Crippen molar-refractivity contribution < 1.29 is 14.3 Å². The van der Waals surface area contributed by atoms with Gasteiger partial charge in [-0.15, -0.1) is 0 Å². The maximum Gasteiger partial charge on any atom is 0.319 e. The Balaban J connectivity index is 1.39. The molecule has 2 aliphatic carbocycles. The van der Waals surface area contributed by atoms with Gasteiger partial charge in [0.05, 0.1) is 29.2 Å². The molecule has 2 fully saturated rings. The summed E-state index contributed by atoms with van der Waals surface area (Å²) >= 11 is 0. The summed E-state index contributed by atoms with van der Waals surface area (Å²) < 4.78 is 5.17. The number of cyclic esters (lactones) is 1. The lowest BCUT2D eigenvalue weighted by Gasteiger charge is -2.36. The molecule has 0 bridgehead atoms. The van der Waals surface area contributed by atoms with Crippen LogP contribution in [0.4, 0.5) is 0 Å². The van der Waals surface area contributed by atoms with E-state index >= 15 is 0 Å². The molecule has 0 N–H and O–H groups in total. The Morgan fingerprint density at radius 2 is 2.00 bits per heavy atom. The summed E-state index contributed by atoms with van der Waals surface area (Å²) in [6.45, 7) is 1.28. The topological polar surface area (TPSA) is 70.4 Å². The third-order valence-corrected chi connectivity index (χ3v) is 6.73. The quantitative estimate of drug-likeness (QED) is 0.761. The van der Waals surface area contributed by atoms with Gasteiger partial charge in [0.1, 0.15) is 0 Å². The third kappa shape index (κ3) is 2.29. The molecule has 1 amide bonds. The molecule has 0 radical (unpaired) electrons. The maximum atomic E-state index is 13.4. The van der Waals surface area contributed by atoms with Gasteiger partial charge < -0.3 is 9.64 Å². The van der Waals surface area contributed by atoms with E-state index in [9.17, 15) is 9.59 Å². The van der Waals surface area contributed by atoms with Crippen molar-refractivity contribution in [3.63, 3.8) is 0 Å². The summed E-state index contributed by atoms with van der Waals surface area (Å²) in [6.07, 6.45) is 8.96. The molecule has 136 valence electrons. The van der Waals surface area contributed by atoms with E-state index in [4.69, 9.17) is 10.00 Å². The Kier molecular flexibility index (Phi) is 3.36. The Labute approximate surface area is 157 Å². The van der Waals surface area contributed by atoms with Gasteiger partial charge in [-0.3, -0.25) is 9.59 Å². The van der Waals surface area contributed by atoms with Gasteiger partial charge >= 0.3 is 5.97 Å². The first kappa shape index (κ1) is 16.3. The summed E-state index contributed by atoms with van der Waals surface area (Å²) in [7, 11) is 0. The second-order valence-electron chi connectivity index (χ2n) is 8.20. The number of hydrogen-bond donors (Lipinski definition) is 0. The summed E-state index contributed by atoms with van der Waals surface area (Å²) in [6, 6.07) is 9.51. The van der Waals surface area contributed by atoms with Crippen LogP contribution in [0.2, 0.25) is 0 Å². The molecule has 27 heavy (non-hydrogen) atoms. The Hall–Kier alpha value is -2.87. The Bertz CT molecular complexity index is 933. The number of benzene rings is 1. The van der Waals surface area contributed by atoms with Crippen LogP contribution >= 0.6 is 0 Å². The van der Waals surface area contributed by atoms with Gasteiger partial charge in [-0.1, -0.05) is 24.3 Å². The molecule has 0 aromatic heterocycles. The highest BCUT2D eigenvalue weighted by Gasteiger charge is 2.58. The van der Waals surface area contributed by atoms with Crippen molar-refractivity contribution in [3.8, 4) is 6.07 Å². The zero-order valence-electron chi connectivity index (χ0n) is 15.0. The number of ether oxygens (including phenoxy) is 1. The van der Waals surface area contributed by atoms with Crippen molar-refractivity contribution in [2.45, 2.75) is 31.1 Å². The number of hydrogen-bond acceptors (Lipinski definition) is 4. The molecule has 1 aromatic carbocycles. The van der Waals surface area contributed by atoms with Crippen LogP contribution in [0.1, 0.15) is 36.8 Å². The lowest BCUT2D eigenvalue weighted by molar-refractivity contribution is -0.143. The molecular weight excluding hydrogens is 340 g/mol. The molecule has 2 unspecified atom stereocenters. The van der Waals surface area contributed by atoms with Crippen LogP contribution in [0.5, 0.6) is 0 Å². The van der Waals surface area contributed by atoms with Crippen molar-refractivity contribution in [2.75, 3.05) is 13.1 Å². The number of nitriles is 1. The average molecular weight is 360 g/mol. The van der Waals surface area contributed by atoms with Gasteiger partial charge in [0.15, 0.2) is 0 Å². The smallest absolute Gasteiger partial charge is 0.319 e. The molecule has 1 saturated heterocycles. The predicted octanol–water partition coefficient (Wildman–Crippen LogP) is 2.83. The highest BCUT2D eigenvalue weighted by Crippen LogP contribution is 2.54. The summed E-state index contributed by atoms with van der Waals surface area (Å²) in [5, 5.41) is 8.99. The fraction of sp³-hybridized carbons (Fsp3) is 0.409. The molecular formula is C22H20N2O3. The van der Waals surface area contributed by atoms with Crippen LogP contribution in [0.15, 0.2) is 48.3 Å². The number of fused-ring (bicyclic) bond motifs is 2. The second kappa shape index (κ2) is 5.56. The van der Waals surface area contributed by atoms with Gasteiger partial charge in [0.25, 0.3) is 0 Å². The zero-order chi connectivity index (χ0) is 18.6. The highest BCUT2D eigenvalue weighted by atomic mass is 16.5. The standard InChI is InChI=1S/C22H20N2O3/c23-12-15-3-5-17(6-4-15)22(8-9-22)20(26)24-11-10-21(14-24)7-1-2-16-13-27-19(25)18(16)21/h1-6,13,18H,7-11,14H2. The number of amides is 1. The first-order valence-electron chi connectivity index (χ1n) is 9.45. The van der Waals surface area contributed by atoms with Gasteiger partial charge in [-0.05, 0) is 43.4 Å². The maximum absolute atomic E-state index is 13.4. The van der Waals surface area contributed by atoms with E-state index in [0.29, 0.717) is 18.7 Å². The van der Waals surface area contributed by atoms with Crippen LogP contribution in [0.3, 0.4) is 0 Å². The van der Waals surface area contributed by atoms with Crippen LogP contribution in [0, 0.1) is 22.7 Å². The molecule has 4 aliphatic rings. The third-order valence-electron chi connectivity index (χ3n) is 6.73. The number of rotatable bonds is 2. The van der Waals surface area contributed by atoms with Crippen molar-refractivity contribution in [3.05, 3.63) is 59.4 Å². The number of carbonyl (C=O) groups is 2. The number of carbonyl (C=O) groups excluding carboxylic acids is 2. The fourth-order valence-corrected chi connectivity index (χ4v) is 5.07. The molecule has 2 aliphatic heterocycles. The van der Waals surface area contributed by atoms with E-state index in [1.54, 1.807) is 18.4 Å². The summed E-state index contributed by atoms with van der Waals surface area (Å²) in [4.78, 5) is 27.6. The largest absolute Gasteiger partial charge is 0.434 e. The number of esters is 1. The highest BCUT2D eigenvalue weighted by molar-refractivity contribution is 5.92. The minimum absolute atomic E-state index is 0.163. The lowest BCUT2D eigenvalue weighted by Crippen LogP contribution is -2.43. The van der Waals surface area contributed by atoms with E-state index in [0.717, 1.165) is 36.8 Å². The molecule has 2 heterocycles. The van der Waals surface area contributed by atoms with Gasteiger partial charge in [-0.25, -0.2) is 0 Å². The van der Waals surface area contributed by atoms with Crippen molar-refractivity contribution >= 4 is 11.9 Å². The number of nitrogens with zero attached hydrogens (tertiary/aromatic N) is 2. The van der Waals surface area contributed by atoms with Gasteiger partial charge in [0.2, 0.25) is 5.91 Å². The Morgan fingerprint density at radius 1 is 1.22 bits per heavy atom. The summed E-state index contributed by atoms with van der Waals surface area (Å²) in [5.41, 5.74) is 1.87. The molecule has 5 rings (SSSR count). The molecule has 1 aromatic rings. The monoisotopic (exact) mass is 360 g/mol. The zero-order valence-corrected chi connectivity index (χ0v) is 15.0. The molecule has 1 saturated carbocycles. The van der Waals surface area contributed by atoms with Crippen LogP contribution < -0.4 is 0 Å². The molecule has 5 nitrogen and oxygen atoms in total. The van der Waals surface area contributed by atoms with Crippen molar-refractivity contribution in [1.82, 2.24) is 4.90 Å². The lowest BCUT2D eigenvalue weighted by atomic mass is 9.67. The van der Waals surface area contributed by atoms with E-state index < -0.39 is 5.41 Å². The SMILES string of the molecule is N#Cc1ccc(C2(C(=O)N3CCC4(CC=CC5=COC(=O)C54)C3)CC2)cc1. The first-order chi connectivity index (χ1) is 13.1. The first-order valence-corrected chi connectivity index (χ1v) is 9.45.